The van der Waals surface area contributed by atoms with Crippen molar-refractivity contribution >= 4 is 0 Å². The predicted molar refractivity (Wildman–Crippen MR) is 123 cm³/mol. The van der Waals surface area contributed by atoms with E-state index in [1.54, 1.807) is 19.6 Å². The van der Waals surface area contributed by atoms with Gasteiger partial charge in [0.25, 0.3) is 0 Å². The zero-order valence-electron chi connectivity index (χ0n) is 18.8. The number of ether oxygens (including phenoxy) is 2. The SMILES string of the molecule is COc1cc(-c2cnnc3c2COCC3C(C)c2ccc(F)cc2)ccc1-n1cnc(C)c1. The first-order chi connectivity index (χ1) is 16.0. The van der Waals surface area contributed by atoms with Crippen LogP contribution in [0.1, 0.15) is 41.3 Å². The summed E-state index contributed by atoms with van der Waals surface area (Å²) in [5.74, 6) is 0.636. The molecule has 2 unspecified atom stereocenters. The number of rotatable bonds is 5. The summed E-state index contributed by atoms with van der Waals surface area (Å²) >= 11 is 0. The molecular weight excluding hydrogens is 419 g/mol. The lowest BCUT2D eigenvalue weighted by Gasteiger charge is -2.30. The van der Waals surface area contributed by atoms with Crippen molar-refractivity contribution in [3.63, 3.8) is 0 Å². The van der Waals surface area contributed by atoms with Crippen molar-refractivity contribution in [2.45, 2.75) is 32.3 Å². The van der Waals surface area contributed by atoms with Crippen LogP contribution in [0.15, 0.2) is 61.2 Å². The van der Waals surface area contributed by atoms with Crippen LogP contribution in [0.5, 0.6) is 5.75 Å². The van der Waals surface area contributed by atoms with Gasteiger partial charge < -0.3 is 14.0 Å². The fraction of sp³-hybridized carbons (Fsp3) is 0.269. The van der Waals surface area contributed by atoms with Crippen molar-refractivity contribution < 1.29 is 13.9 Å². The third-order valence-corrected chi connectivity index (χ3v) is 6.36. The first-order valence-electron chi connectivity index (χ1n) is 10.9. The molecule has 0 saturated heterocycles. The molecular formula is C26H25FN4O2. The average Bonchev–Trinajstić information content (AvgIpc) is 3.29. The van der Waals surface area contributed by atoms with Gasteiger partial charge in [0.1, 0.15) is 11.6 Å². The number of aryl methyl sites for hydroxylation is 1. The maximum atomic E-state index is 13.4. The minimum absolute atomic E-state index is 0.0294. The monoisotopic (exact) mass is 444 g/mol. The maximum absolute atomic E-state index is 13.4. The zero-order valence-corrected chi connectivity index (χ0v) is 18.8. The number of imidazole rings is 1. The molecule has 0 bridgehead atoms. The molecule has 0 amide bonds. The minimum Gasteiger partial charge on any atom is -0.495 e. The topological polar surface area (TPSA) is 62.1 Å². The third kappa shape index (κ3) is 4.00. The summed E-state index contributed by atoms with van der Waals surface area (Å²) < 4.78 is 27.1. The van der Waals surface area contributed by atoms with Crippen LogP contribution in [0.4, 0.5) is 4.39 Å². The molecule has 168 valence electrons. The fourth-order valence-electron chi connectivity index (χ4n) is 4.48. The molecule has 2 aromatic carbocycles. The van der Waals surface area contributed by atoms with Crippen LogP contribution in [0.25, 0.3) is 16.8 Å². The normalized spacial score (nSPS) is 16.3. The summed E-state index contributed by atoms with van der Waals surface area (Å²) in [6, 6.07) is 12.7. The minimum atomic E-state index is -0.239. The van der Waals surface area contributed by atoms with Crippen molar-refractivity contribution in [1.82, 2.24) is 19.7 Å². The van der Waals surface area contributed by atoms with Crippen LogP contribution in [-0.2, 0) is 11.3 Å². The van der Waals surface area contributed by atoms with E-state index in [1.807, 2.05) is 42.0 Å². The van der Waals surface area contributed by atoms with E-state index in [0.717, 1.165) is 45.1 Å². The highest BCUT2D eigenvalue weighted by Gasteiger charge is 2.30. The van der Waals surface area contributed by atoms with Gasteiger partial charge in [0.2, 0.25) is 0 Å². The van der Waals surface area contributed by atoms with Gasteiger partial charge in [-0.25, -0.2) is 9.37 Å². The van der Waals surface area contributed by atoms with Gasteiger partial charge in [-0.15, -0.1) is 0 Å². The molecule has 1 aliphatic rings. The Hall–Kier alpha value is -3.58. The molecule has 0 N–H and O–H groups in total. The zero-order chi connectivity index (χ0) is 22.9. The van der Waals surface area contributed by atoms with Crippen molar-refractivity contribution in [3.05, 3.63) is 89.5 Å². The Bertz CT molecular complexity index is 1290. The summed E-state index contributed by atoms with van der Waals surface area (Å²) in [6.07, 6.45) is 5.52. The summed E-state index contributed by atoms with van der Waals surface area (Å²) in [4.78, 5) is 4.31. The molecule has 0 radical (unpaired) electrons. The number of benzene rings is 2. The molecule has 2 atom stereocenters. The molecule has 1 aliphatic heterocycles. The molecule has 0 spiro atoms. The maximum Gasteiger partial charge on any atom is 0.143 e. The van der Waals surface area contributed by atoms with E-state index in [0.29, 0.717) is 13.2 Å². The second-order valence-corrected chi connectivity index (χ2v) is 8.39. The largest absolute Gasteiger partial charge is 0.495 e. The van der Waals surface area contributed by atoms with Crippen molar-refractivity contribution in [1.29, 1.82) is 0 Å². The predicted octanol–water partition coefficient (Wildman–Crippen LogP) is 5.20. The van der Waals surface area contributed by atoms with Gasteiger partial charge in [0, 0.05) is 23.2 Å². The number of nitrogens with zero attached hydrogens (tertiary/aromatic N) is 4. The Morgan fingerprint density at radius 2 is 2.00 bits per heavy atom. The van der Waals surface area contributed by atoms with Crippen LogP contribution in [0, 0.1) is 12.7 Å². The summed E-state index contributed by atoms with van der Waals surface area (Å²) in [5.41, 5.74) is 6.82. The Morgan fingerprint density at radius 3 is 2.73 bits per heavy atom. The first-order valence-corrected chi connectivity index (χ1v) is 10.9. The molecule has 0 fully saturated rings. The third-order valence-electron chi connectivity index (χ3n) is 6.36. The lowest BCUT2D eigenvalue weighted by Crippen LogP contribution is -2.24. The van der Waals surface area contributed by atoms with Gasteiger partial charge >= 0.3 is 0 Å². The summed E-state index contributed by atoms with van der Waals surface area (Å²) in [6.45, 7) is 5.09. The Morgan fingerprint density at radius 1 is 1.18 bits per heavy atom. The molecule has 7 heteroatoms. The lowest BCUT2D eigenvalue weighted by molar-refractivity contribution is 0.0830. The van der Waals surface area contributed by atoms with Gasteiger partial charge in [0.15, 0.2) is 0 Å². The lowest BCUT2D eigenvalue weighted by atomic mass is 9.82. The standard InChI is InChI=1S/C26H25FN4O2/c1-16-12-31(15-28-16)24-9-6-19(10-25(24)32-3)21-11-29-30-26-22(13-33-14-23(21)26)17(2)18-4-7-20(27)8-5-18/h4-12,15,17,22H,13-14H2,1-3H3. The van der Waals surface area contributed by atoms with Crippen LogP contribution in [0.3, 0.4) is 0 Å². The summed E-state index contributed by atoms with van der Waals surface area (Å²) in [5, 5.41) is 8.85. The van der Waals surface area contributed by atoms with Crippen LogP contribution in [0.2, 0.25) is 0 Å². The molecule has 3 heterocycles. The van der Waals surface area contributed by atoms with E-state index in [4.69, 9.17) is 9.47 Å². The van der Waals surface area contributed by atoms with Gasteiger partial charge in [-0.3, -0.25) is 0 Å². The second-order valence-electron chi connectivity index (χ2n) is 8.39. The number of hydrogen-bond acceptors (Lipinski definition) is 5. The van der Waals surface area contributed by atoms with Gasteiger partial charge in [-0.1, -0.05) is 25.1 Å². The molecule has 33 heavy (non-hydrogen) atoms. The average molecular weight is 445 g/mol. The van der Waals surface area contributed by atoms with E-state index in [1.165, 1.54) is 12.1 Å². The van der Waals surface area contributed by atoms with E-state index >= 15 is 0 Å². The second kappa shape index (κ2) is 8.75. The van der Waals surface area contributed by atoms with Gasteiger partial charge in [-0.05, 0) is 48.2 Å². The molecule has 4 aromatic rings. The smallest absolute Gasteiger partial charge is 0.143 e. The summed E-state index contributed by atoms with van der Waals surface area (Å²) in [7, 11) is 1.66. The molecule has 2 aromatic heterocycles. The Kier molecular flexibility index (Phi) is 5.64. The van der Waals surface area contributed by atoms with E-state index in [-0.39, 0.29) is 17.7 Å². The number of fused-ring (bicyclic) bond motifs is 1. The van der Waals surface area contributed by atoms with Crippen molar-refractivity contribution in [3.8, 4) is 22.6 Å². The van der Waals surface area contributed by atoms with Crippen LogP contribution in [-0.4, -0.2) is 33.5 Å². The van der Waals surface area contributed by atoms with E-state index in [9.17, 15) is 4.39 Å². The highest BCUT2D eigenvalue weighted by molar-refractivity contribution is 5.71. The van der Waals surface area contributed by atoms with Crippen LogP contribution < -0.4 is 4.74 Å². The number of methoxy groups -OCH3 is 1. The van der Waals surface area contributed by atoms with E-state index in [2.05, 4.69) is 28.2 Å². The first kappa shape index (κ1) is 21.3. The van der Waals surface area contributed by atoms with Crippen molar-refractivity contribution in [2.75, 3.05) is 13.7 Å². The number of aromatic nitrogens is 4. The van der Waals surface area contributed by atoms with Gasteiger partial charge in [-0.2, -0.15) is 10.2 Å². The fourth-order valence-corrected chi connectivity index (χ4v) is 4.48. The Balaban J connectivity index is 1.53. The number of hydrogen-bond donors (Lipinski definition) is 0. The number of halogens is 1. The van der Waals surface area contributed by atoms with Gasteiger partial charge in [0.05, 0.1) is 49.9 Å². The molecule has 0 saturated carbocycles. The quantitative estimate of drug-likeness (QED) is 0.423. The Labute approximate surface area is 192 Å². The molecule has 5 rings (SSSR count). The molecule has 6 nitrogen and oxygen atoms in total. The van der Waals surface area contributed by atoms with Crippen molar-refractivity contribution in [2.24, 2.45) is 0 Å². The highest BCUT2D eigenvalue weighted by atomic mass is 19.1. The van der Waals surface area contributed by atoms with E-state index < -0.39 is 0 Å². The molecule has 0 aliphatic carbocycles. The highest BCUT2D eigenvalue weighted by Crippen LogP contribution is 2.40. The van der Waals surface area contributed by atoms with Crippen LogP contribution >= 0.6 is 0 Å².